The van der Waals surface area contributed by atoms with Crippen LogP contribution in [-0.4, -0.2) is 9.55 Å². The molecule has 104 valence electrons. The fourth-order valence-electron chi connectivity index (χ4n) is 3.31. The second-order valence-corrected chi connectivity index (χ2v) is 5.75. The van der Waals surface area contributed by atoms with Crippen molar-refractivity contribution >= 4 is 0 Å². The Kier molecular flexibility index (Phi) is 2.88. The Balaban J connectivity index is 1.67. The van der Waals surface area contributed by atoms with Crippen molar-refractivity contribution in [2.24, 2.45) is 0 Å². The average Bonchev–Trinajstić information content (AvgIpc) is 3.09. The van der Waals surface area contributed by atoms with Crippen molar-refractivity contribution < 1.29 is 0 Å². The van der Waals surface area contributed by atoms with Gasteiger partial charge in [-0.15, -0.1) is 0 Å². The van der Waals surface area contributed by atoms with Gasteiger partial charge in [0.1, 0.15) is 5.82 Å². The number of nitrogens with zero attached hydrogens (tertiary/aromatic N) is 2. The molecule has 0 radical (unpaired) electrons. The highest BCUT2D eigenvalue weighted by Crippen LogP contribution is 2.33. The zero-order valence-electron chi connectivity index (χ0n) is 12.2. The molecule has 0 saturated carbocycles. The van der Waals surface area contributed by atoms with E-state index in [0.717, 1.165) is 18.7 Å². The number of benzene rings is 2. The van der Waals surface area contributed by atoms with Crippen LogP contribution in [0.15, 0.2) is 60.7 Å². The topological polar surface area (TPSA) is 17.8 Å². The molecule has 1 aromatic heterocycles. The van der Waals surface area contributed by atoms with Gasteiger partial charge < -0.3 is 4.57 Å². The SMILES string of the molecule is Cc1c(-c2ccccc2)nc2n1CC(c1ccccc1)C2. The first-order valence-electron chi connectivity index (χ1n) is 7.49. The molecule has 0 spiro atoms. The second kappa shape index (κ2) is 4.88. The van der Waals surface area contributed by atoms with Gasteiger partial charge in [0.05, 0.1) is 5.69 Å². The van der Waals surface area contributed by atoms with Crippen LogP contribution in [0.25, 0.3) is 11.3 Å². The Morgan fingerprint density at radius 3 is 2.29 bits per heavy atom. The first-order chi connectivity index (χ1) is 10.3. The van der Waals surface area contributed by atoms with Crippen LogP contribution in [-0.2, 0) is 13.0 Å². The van der Waals surface area contributed by atoms with Gasteiger partial charge in [0, 0.05) is 30.1 Å². The monoisotopic (exact) mass is 274 g/mol. The van der Waals surface area contributed by atoms with Crippen LogP contribution in [0, 0.1) is 6.92 Å². The number of aromatic nitrogens is 2. The van der Waals surface area contributed by atoms with Crippen molar-refractivity contribution in [1.82, 2.24) is 9.55 Å². The number of fused-ring (bicyclic) bond motifs is 1. The molecule has 0 amide bonds. The molecule has 1 unspecified atom stereocenters. The highest BCUT2D eigenvalue weighted by Gasteiger charge is 2.27. The van der Waals surface area contributed by atoms with E-state index in [0.29, 0.717) is 5.92 Å². The standard InChI is InChI=1S/C19H18N2/c1-14-19(16-10-6-3-7-11-16)20-18-12-17(13-21(14)18)15-8-4-2-5-9-15/h2-11,17H,12-13H2,1H3. The predicted molar refractivity (Wildman–Crippen MR) is 85.3 cm³/mol. The van der Waals surface area contributed by atoms with Crippen molar-refractivity contribution in [3.63, 3.8) is 0 Å². The third-order valence-corrected chi connectivity index (χ3v) is 4.45. The summed E-state index contributed by atoms with van der Waals surface area (Å²) in [5.41, 5.74) is 5.06. The van der Waals surface area contributed by atoms with E-state index in [1.165, 1.54) is 22.6 Å². The van der Waals surface area contributed by atoms with Crippen LogP contribution in [0.1, 0.15) is 23.0 Å². The minimum atomic E-state index is 0.567. The Morgan fingerprint density at radius 1 is 0.952 bits per heavy atom. The Bertz CT molecular complexity index is 757. The molecule has 0 fully saturated rings. The van der Waals surface area contributed by atoms with E-state index in [1.54, 1.807) is 0 Å². The van der Waals surface area contributed by atoms with E-state index >= 15 is 0 Å². The molecule has 1 aliphatic rings. The Hall–Kier alpha value is -2.35. The summed E-state index contributed by atoms with van der Waals surface area (Å²) in [6.45, 7) is 3.23. The van der Waals surface area contributed by atoms with Crippen LogP contribution in [0.4, 0.5) is 0 Å². The van der Waals surface area contributed by atoms with Gasteiger partial charge in [-0.1, -0.05) is 60.7 Å². The van der Waals surface area contributed by atoms with E-state index in [4.69, 9.17) is 4.98 Å². The van der Waals surface area contributed by atoms with Gasteiger partial charge in [-0.05, 0) is 12.5 Å². The Morgan fingerprint density at radius 2 is 1.62 bits per heavy atom. The maximum atomic E-state index is 4.90. The fraction of sp³-hybridized carbons (Fsp3) is 0.211. The van der Waals surface area contributed by atoms with Crippen LogP contribution >= 0.6 is 0 Å². The molecule has 2 heteroatoms. The van der Waals surface area contributed by atoms with Gasteiger partial charge in [0.2, 0.25) is 0 Å². The zero-order chi connectivity index (χ0) is 14.2. The third kappa shape index (κ3) is 2.07. The zero-order valence-corrected chi connectivity index (χ0v) is 12.2. The van der Waals surface area contributed by atoms with E-state index in [-0.39, 0.29) is 0 Å². The summed E-state index contributed by atoms with van der Waals surface area (Å²) in [7, 11) is 0. The first kappa shape index (κ1) is 12.4. The summed E-state index contributed by atoms with van der Waals surface area (Å²) in [5, 5.41) is 0. The van der Waals surface area contributed by atoms with E-state index in [1.807, 2.05) is 6.07 Å². The molecule has 2 aromatic carbocycles. The first-order valence-corrected chi connectivity index (χ1v) is 7.49. The molecule has 0 aliphatic carbocycles. The van der Waals surface area contributed by atoms with Crippen LogP contribution in [0.3, 0.4) is 0 Å². The molecule has 4 rings (SSSR count). The number of hydrogen-bond acceptors (Lipinski definition) is 1. The number of hydrogen-bond donors (Lipinski definition) is 0. The summed E-state index contributed by atoms with van der Waals surface area (Å²) in [6.07, 6.45) is 1.04. The Labute approximate surface area is 125 Å². The molecule has 21 heavy (non-hydrogen) atoms. The largest absolute Gasteiger partial charge is 0.331 e. The molecule has 0 bridgehead atoms. The lowest BCUT2D eigenvalue weighted by molar-refractivity contribution is 0.642. The minimum Gasteiger partial charge on any atom is -0.331 e. The highest BCUT2D eigenvalue weighted by atomic mass is 15.1. The highest BCUT2D eigenvalue weighted by molar-refractivity contribution is 5.62. The molecule has 1 atom stereocenters. The normalized spacial score (nSPS) is 16.9. The summed E-state index contributed by atoms with van der Waals surface area (Å²) in [6, 6.07) is 21.3. The molecule has 2 nitrogen and oxygen atoms in total. The lowest BCUT2D eigenvalue weighted by atomic mass is 9.98. The maximum Gasteiger partial charge on any atom is 0.110 e. The number of rotatable bonds is 2. The predicted octanol–water partition coefficient (Wildman–Crippen LogP) is 4.20. The van der Waals surface area contributed by atoms with Gasteiger partial charge in [-0.2, -0.15) is 0 Å². The molecule has 2 heterocycles. The van der Waals surface area contributed by atoms with E-state index in [9.17, 15) is 0 Å². The van der Waals surface area contributed by atoms with Gasteiger partial charge in [0.25, 0.3) is 0 Å². The van der Waals surface area contributed by atoms with Crippen LogP contribution < -0.4 is 0 Å². The summed E-state index contributed by atoms with van der Waals surface area (Å²) < 4.78 is 2.39. The van der Waals surface area contributed by atoms with Crippen molar-refractivity contribution in [2.45, 2.75) is 25.8 Å². The molecular weight excluding hydrogens is 256 g/mol. The lowest BCUT2D eigenvalue weighted by Crippen LogP contribution is -2.02. The molecular formula is C19H18N2. The van der Waals surface area contributed by atoms with Gasteiger partial charge in [-0.25, -0.2) is 4.98 Å². The fourth-order valence-corrected chi connectivity index (χ4v) is 3.31. The number of imidazole rings is 1. The molecule has 3 aromatic rings. The van der Waals surface area contributed by atoms with E-state index < -0.39 is 0 Å². The van der Waals surface area contributed by atoms with Gasteiger partial charge in [-0.3, -0.25) is 0 Å². The van der Waals surface area contributed by atoms with Crippen molar-refractivity contribution in [1.29, 1.82) is 0 Å². The maximum absolute atomic E-state index is 4.90. The van der Waals surface area contributed by atoms with Crippen LogP contribution in [0.2, 0.25) is 0 Å². The minimum absolute atomic E-state index is 0.567. The quantitative estimate of drug-likeness (QED) is 0.685. The lowest BCUT2D eigenvalue weighted by Gasteiger charge is -2.10. The summed E-state index contributed by atoms with van der Waals surface area (Å²) in [4.78, 5) is 4.90. The molecule has 0 N–H and O–H groups in total. The van der Waals surface area contributed by atoms with E-state index in [2.05, 4.69) is 66.1 Å². The van der Waals surface area contributed by atoms with Crippen molar-refractivity contribution in [3.8, 4) is 11.3 Å². The van der Waals surface area contributed by atoms with Crippen molar-refractivity contribution in [3.05, 3.63) is 77.7 Å². The summed E-state index contributed by atoms with van der Waals surface area (Å²) >= 11 is 0. The smallest absolute Gasteiger partial charge is 0.110 e. The summed E-state index contributed by atoms with van der Waals surface area (Å²) in [5.74, 6) is 1.79. The van der Waals surface area contributed by atoms with Gasteiger partial charge >= 0.3 is 0 Å². The molecule has 1 aliphatic heterocycles. The van der Waals surface area contributed by atoms with Crippen molar-refractivity contribution in [2.75, 3.05) is 0 Å². The molecule has 0 saturated heterocycles. The average molecular weight is 274 g/mol. The second-order valence-electron chi connectivity index (χ2n) is 5.75. The van der Waals surface area contributed by atoms with Gasteiger partial charge in [0.15, 0.2) is 0 Å². The third-order valence-electron chi connectivity index (χ3n) is 4.45. The van der Waals surface area contributed by atoms with Crippen LogP contribution in [0.5, 0.6) is 0 Å².